The van der Waals surface area contributed by atoms with Gasteiger partial charge >= 0.3 is 0 Å². The van der Waals surface area contributed by atoms with Crippen LogP contribution in [0.2, 0.25) is 0 Å². The van der Waals surface area contributed by atoms with Crippen LogP contribution < -0.4 is 15.2 Å². The van der Waals surface area contributed by atoms with Gasteiger partial charge in [0, 0.05) is 16.5 Å². The molecule has 0 unspecified atom stereocenters. The highest BCUT2D eigenvalue weighted by Gasteiger charge is 2.30. The SMILES string of the molecule is CCOc1cc(-c2nc(-c3ccc4oc(C(N)(CO)CO)cc4c3)no2)ccc1OC. The number of aliphatic hydroxyl groups excluding tert-OH is 2. The van der Waals surface area contributed by atoms with Crippen molar-refractivity contribution in [2.45, 2.75) is 12.5 Å². The van der Waals surface area contributed by atoms with Gasteiger partial charge < -0.3 is 34.4 Å². The van der Waals surface area contributed by atoms with Crippen molar-refractivity contribution >= 4 is 11.0 Å². The molecule has 9 heteroatoms. The second-order valence-corrected chi connectivity index (χ2v) is 7.06. The van der Waals surface area contributed by atoms with Crippen molar-refractivity contribution in [3.8, 4) is 34.3 Å². The van der Waals surface area contributed by atoms with Gasteiger partial charge in [-0.3, -0.25) is 0 Å². The highest BCUT2D eigenvalue weighted by molar-refractivity contribution is 5.83. The Balaban J connectivity index is 1.67. The average Bonchev–Trinajstić information content (AvgIpc) is 3.46. The van der Waals surface area contributed by atoms with E-state index < -0.39 is 18.8 Å². The minimum Gasteiger partial charge on any atom is -0.493 e. The molecule has 2 aromatic carbocycles. The summed E-state index contributed by atoms with van der Waals surface area (Å²) < 4.78 is 22.1. The van der Waals surface area contributed by atoms with Crippen LogP contribution in [0.15, 0.2) is 51.4 Å². The normalized spacial score (nSPS) is 11.8. The van der Waals surface area contributed by atoms with Gasteiger partial charge in [-0.2, -0.15) is 4.98 Å². The predicted molar refractivity (Wildman–Crippen MR) is 113 cm³/mol. The lowest BCUT2D eigenvalue weighted by atomic mass is 10.00. The minimum absolute atomic E-state index is 0.292. The first-order valence-electron chi connectivity index (χ1n) is 9.71. The van der Waals surface area contributed by atoms with Crippen molar-refractivity contribution < 1.29 is 28.6 Å². The molecule has 0 saturated heterocycles. The van der Waals surface area contributed by atoms with Gasteiger partial charge in [0.15, 0.2) is 11.5 Å². The van der Waals surface area contributed by atoms with Crippen molar-refractivity contribution in [1.82, 2.24) is 10.1 Å². The summed E-state index contributed by atoms with van der Waals surface area (Å²) in [5, 5.41) is 23.8. The number of aliphatic hydroxyl groups is 2. The van der Waals surface area contributed by atoms with E-state index in [1.54, 1.807) is 37.4 Å². The third-order valence-electron chi connectivity index (χ3n) is 4.97. The zero-order valence-electron chi connectivity index (χ0n) is 17.2. The quantitative estimate of drug-likeness (QED) is 0.389. The van der Waals surface area contributed by atoms with Crippen LogP contribution in [0.25, 0.3) is 33.8 Å². The number of hydrogen-bond acceptors (Lipinski definition) is 9. The fraction of sp³-hybridized carbons (Fsp3) is 0.273. The minimum atomic E-state index is -1.36. The number of furan rings is 1. The van der Waals surface area contributed by atoms with Crippen molar-refractivity contribution in [3.05, 3.63) is 48.2 Å². The Labute approximate surface area is 178 Å². The summed E-state index contributed by atoms with van der Waals surface area (Å²) in [6.45, 7) is 1.49. The summed E-state index contributed by atoms with van der Waals surface area (Å²) >= 11 is 0. The summed E-state index contributed by atoms with van der Waals surface area (Å²) in [5.74, 6) is 2.24. The van der Waals surface area contributed by atoms with E-state index in [0.717, 1.165) is 5.39 Å². The molecule has 0 aliphatic carbocycles. The molecule has 0 radical (unpaired) electrons. The fourth-order valence-electron chi connectivity index (χ4n) is 3.17. The average molecular weight is 425 g/mol. The van der Waals surface area contributed by atoms with E-state index in [-0.39, 0.29) is 0 Å². The van der Waals surface area contributed by atoms with E-state index in [4.69, 9.17) is 24.1 Å². The van der Waals surface area contributed by atoms with E-state index in [2.05, 4.69) is 10.1 Å². The maximum atomic E-state index is 9.50. The van der Waals surface area contributed by atoms with E-state index >= 15 is 0 Å². The van der Waals surface area contributed by atoms with Crippen LogP contribution in [-0.4, -0.2) is 47.3 Å². The van der Waals surface area contributed by atoms with E-state index in [9.17, 15) is 10.2 Å². The molecule has 0 fully saturated rings. The standard InChI is InChI=1S/C22H23N3O6/c1-3-29-18-9-14(5-7-17(18)28-2)21-24-20(25-31-21)13-4-6-16-15(8-13)10-19(30-16)22(23,11-26)12-27/h4-10,26-27H,3,11-12,23H2,1-2H3. The number of hydrogen-bond donors (Lipinski definition) is 3. The molecule has 4 rings (SSSR count). The molecule has 0 amide bonds. The first-order valence-corrected chi connectivity index (χ1v) is 9.71. The first kappa shape index (κ1) is 20.9. The number of nitrogens with zero attached hydrogens (tertiary/aromatic N) is 2. The molecule has 4 aromatic rings. The van der Waals surface area contributed by atoms with Crippen LogP contribution >= 0.6 is 0 Å². The highest BCUT2D eigenvalue weighted by atomic mass is 16.5. The Morgan fingerprint density at radius 2 is 1.81 bits per heavy atom. The van der Waals surface area contributed by atoms with Crippen molar-refractivity contribution in [2.75, 3.05) is 26.9 Å². The lowest BCUT2D eigenvalue weighted by Crippen LogP contribution is -2.43. The lowest BCUT2D eigenvalue weighted by Gasteiger charge is -2.21. The van der Waals surface area contributed by atoms with Crippen LogP contribution in [0.3, 0.4) is 0 Å². The summed E-state index contributed by atoms with van der Waals surface area (Å²) in [6.07, 6.45) is 0. The molecular formula is C22H23N3O6. The summed E-state index contributed by atoms with van der Waals surface area (Å²) in [4.78, 5) is 4.49. The molecule has 0 saturated carbocycles. The Morgan fingerprint density at radius 3 is 2.52 bits per heavy atom. The molecule has 0 aliphatic heterocycles. The Morgan fingerprint density at radius 1 is 1.03 bits per heavy atom. The molecule has 9 nitrogen and oxygen atoms in total. The van der Waals surface area contributed by atoms with Crippen LogP contribution in [-0.2, 0) is 5.54 Å². The zero-order chi connectivity index (χ0) is 22.0. The first-order chi connectivity index (χ1) is 15.0. The maximum Gasteiger partial charge on any atom is 0.258 e. The summed E-state index contributed by atoms with van der Waals surface area (Å²) in [7, 11) is 1.58. The largest absolute Gasteiger partial charge is 0.493 e. The Kier molecular flexibility index (Phi) is 5.64. The van der Waals surface area contributed by atoms with Gasteiger partial charge in [0.2, 0.25) is 5.82 Å². The monoisotopic (exact) mass is 425 g/mol. The summed E-state index contributed by atoms with van der Waals surface area (Å²) in [6, 6.07) is 12.4. The zero-order valence-corrected chi connectivity index (χ0v) is 17.2. The Hall–Kier alpha value is -3.40. The molecule has 4 N–H and O–H groups in total. The summed E-state index contributed by atoms with van der Waals surface area (Å²) in [5.41, 5.74) is 6.62. The molecular weight excluding hydrogens is 402 g/mol. The van der Waals surface area contributed by atoms with Crippen LogP contribution in [0, 0.1) is 0 Å². The number of ether oxygens (including phenoxy) is 2. The predicted octanol–water partition coefficient (Wildman–Crippen LogP) is 2.70. The molecule has 0 aliphatic rings. The highest BCUT2D eigenvalue weighted by Crippen LogP contribution is 2.33. The van der Waals surface area contributed by atoms with E-state index in [0.29, 0.717) is 52.3 Å². The molecule has 31 heavy (non-hydrogen) atoms. The van der Waals surface area contributed by atoms with Gasteiger partial charge in [0.25, 0.3) is 5.89 Å². The van der Waals surface area contributed by atoms with Crippen LogP contribution in [0.1, 0.15) is 12.7 Å². The number of methoxy groups -OCH3 is 1. The molecule has 2 heterocycles. The molecule has 2 aromatic heterocycles. The van der Waals surface area contributed by atoms with E-state index in [1.807, 2.05) is 19.1 Å². The third kappa shape index (κ3) is 3.86. The molecule has 0 atom stereocenters. The second-order valence-electron chi connectivity index (χ2n) is 7.06. The Bertz CT molecular complexity index is 1200. The van der Waals surface area contributed by atoms with E-state index in [1.165, 1.54) is 0 Å². The van der Waals surface area contributed by atoms with Gasteiger partial charge in [-0.25, -0.2) is 0 Å². The van der Waals surface area contributed by atoms with Gasteiger partial charge in [-0.15, -0.1) is 0 Å². The lowest BCUT2D eigenvalue weighted by molar-refractivity contribution is 0.105. The number of benzene rings is 2. The molecule has 0 bridgehead atoms. The van der Waals surface area contributed by atoms with Crippen LogP contribution in [0.4, 0.5) is 0 Å². The van der Waals surface area contributed by atoms with Crippen LogP contribution in [0.5, 0.6) is 11.5 Å². The van der Waals surface area contributed by atoms with Crippen molar-refractivity contribution in [3.63, 3.8) is 0 Å². The van der Waals surface area contributed by atoms with Gasteiger partial charge in [-0.05, 0) is 49.4 Å². The van der Waals surface area contributed by atoms with Crippen molar-refractivity contribution in [1.29, 1.82) is 0 Å². The number of rotatable bonds is 8. The smallest absolute Gasteiger partial charge is 0.258 e. The number of fused-ring (bicyclic) bond motifs is 1. The number of nitrogens with two attached hydrogens (primary N) is 1. The van der Waals surface area contributed by atoms with Crippen molar-refractivity contribution in [2.24, 2.45) is 5.73 Å². The van der Waals surface area contributed by atoms with Gasteiger partial charge in [0.1, 0.15) is 16.9 Å². The topological polar surface area (TPSA) is 137 Å². The molecule has 0 spiro atoms. The number of aromatic nitrogens is 2. The maximum absolute atomic E-state index is 9.50. The van der Waals surface area contributed by atoms with Gasteiger partial charge in [0.05, 0.1) is 26.9 Å². The van der Waals surface area contributed by atoms with Gasteiger partial charge in [-0.1, -0.05) is 5.16 Å². The fourth-order valence-corrected chi connectivity index (χ4v) is 3.17. The second kappa shape index (κ2) is 8.38. The third-order valence-corrected chi connectivity index (χ3v) is 4.97. The molecule has 162 valence electrons.